The lowest BCUT2D eigenvalue weighted by Crippen LogP contribution is -2.06. The van der Waals surface area contributed by atoms with Crippen LogP contribution in [-0.2, 0) is 10.3 Å². The van der Waals surface area contributed by atoms with E-state index < -0.39 is 0 Å². The van der Waals surface area contributed by atoms with E-state index in [-0.39, 0.29) is 5.60 Å². The summed E-state index contributed by atoms with van der Waals surface area (Å²) < 4.78 is 5.73. The van der Waals surface area contributed by atoms with Crippen LogP contribution in [0.3, 0.4) is 0 Å². The van der Waals surface area contributed by atoms with Gasteiger partial charge in [-0.15, -0.1) is 0 Å². The molecular formula is C11H12O. The molecule has 0 aromatic heterocycles. The molecule has 1 heterocycles. The normalized spacial score (nSPS) is 37.8. The van der Waals surface area contributed by atoms with E-state index in [1.165, 1.54) is 24.8 Å². The van der Waals surface area contributed by atoms with Gasteiger partial charge in [0, 0.05) is 0 Å². The SMILES string of the molecule is c1ccc([C@@]23CCC[C@@H]2O3)cc1. The van der Waals surface area contributed by atoms with E-state index in [0.29, 0.717) is 6.10 Å². The lowest BCUT2D eigenvalue weighted by Gasteiger charge is -2.07. The molecule has 12 heavy (non-hydrogen) atoms. The molecule has 0 N–H and O–H groups in total. The first kappa shape index (κ1) is 6.67. The molecule has 1 heteroatoms. The molecule has 1 nitrogen and oxygen atoms in total. The summed E-state index contributed by atoms with van der Waals surface area (Å²) in [6.07, 6.45) is 4.36. The number of benzene rings is 1. The number of ether oxygens (including phenoxy) is 1. The highest BCUT2D eigenvalue weighted by atomic mass is 16.6. The maximum atomic E-state index is 5.73. The lowest BCUT2D eigenvalue weighted by molar-refractivity contribution is 0.253. The summed E-state index contributed by atoms with van der Waals surface area (Å²) in [5.74, 6) is 0. The zero-order valence-electron chi connectivity index (χ0n) is 6.99. The molecule has 0 radical (unpaired) electrons. The van der Waals surface area contributed by atoms with E-state index in [4.69, 9.17) is 4.74 Å². The molecule has 2 aliphatic rings. The Bertz CT molecular complexity index is 293. The Balaban J connectivity index is 2.00. The fourth-order valence-electron chi connectivity index (χ4n) is 2.40. The van der Waals surface area contributed by atoms with Crippen LogP contribution in [0.5, 0.6) is 0 Å². The van der Waals surface area contributed by atoms with E-state index >= 15 is 0 Å². The minimum absolute atomic E-state index is 0.154. The molecular weight excluding hydrogens is 148 g/mol. The van der Waals surface area contributed by atoms with Crippen LogP contribution in [-0.4, -0.2) is 6.10 Å². The fraction of sp³-hybridized carbons (Fsp3) is 0.455. The Kier molecular flexibility index (Phi) is 1.17. The summed E-state index contributed by atoms with van der Waals surface area (Å²) in [4.78, 5) is 0. The Morgan fingerprint density at radius 2 is 2.08 bits per heavy atom. The van der Waals surface area contributed by atoms with Gasteiger partial charge in [-0.1, -0.05) is 30.3 Å². The molecule has 62 valence electrons. The van der Waals surface area contributed by atoms with Gasteiger partial charge in [-0.05, 0) is 24.8 Å². The third-order valence-corrected chi connectivity index (χ3v) is 3.09. The molecule has 2 fully saturated rings. The van der Waals surface area contributed by atoms with Crippen LogP contribution in [0.1, 0.15) is 24.8 Å². The minimum atomic E-state index is 0.154. The van der Waals surface area contributed by atoms with Gasteiger partial charge in [-0.3, -0.25) is 0 Å². The molecule has 0 bridgehead atoms. The highest BCUT2D eigenvalue weighted by Crippen LogP contribution is 2.56. The van der Waals surface area contributed by atoms with E-state index in [1.54, 1.807) is 0 Å². The second kappa shape index (κ2) is 2.11. The molecule has 0 amide bonds. The highest BCUT2D eigenvalue weighted by Gasteiger charge is 2.60. The summed E-state index contributed by atoms with van der Waals surface area (Å²) in [6, 6.07) is 10.6. The van der Waals surface area contributed by atoms with E-state index in [2.05, 4.69) is 30.3 Å². The van der Waals surface area contributed by atoms with Crippen molar-refractivity contribution in [1.82, 2.24) is 0 Å². The van der Waals surface area contributed by atoms with E-state index in [1.807, 2.05) is 0 Å². The third-order valence-electron chi connectivity index (χ3n) is 3.09. The van der Waals surface area contributed by atoms with Crippen LogP contribution in [0, 0.1) is 0 Å². The average Bonchev–Trinajstić information content (AvgIpc) is 2.72. The maximum absolute atomic E-state index is 5.73. The Labute approximate surface area is 72.4 Å². The third kappa shape index (κ3) is 0.721. The molecule has 1 saturated carbocycles. The smallest absolute Gasteiger partial charge is 0.120 e. The lowest BCUT2D eigenvalue weighted by atomic mass is 9.97. The Hall–Kier alpha value is -0.820. The molecule has 1 aliphatic heterocycles. The second-order valence-electron chi connectivity index (χ2n) is 3.75. The molecule has 3 rings (SSSR count). The maximum Gasteiger partial charge on any atom is 0.120 e. The summed E-state index contributed by atoms with van der Waals surface area (Å²) >= 11 is 0. The van der Waals surface area contributed by atoms with Gasteiger partial charge in [0.2, 0.25) is 0 Å². The average molecular weight is 160 g/mol. The molecule has 2 atom stereocenters. The second-order valence-corrected chi connectivity index (χ2v) is 3.75. The van der Waals surface area contributed by atoms with Crippen molar-refractivity contribution in [3.05, 3.63) is 35.9 Å². The number of rotatable bonds is 1. The van der Waals surface area contributed by atoms with Gasteiger partial charge >= 0.3 is 0 Å². The van der Waals surface area contributed by atoms with Crippen molar-refractivity contribution in [2.24, 2.45) is 0 Å². The summed E-state index contributed by atoms with van der Waals surface area (Å²) in [5, 5.41) is 0. The molecule has 1 aromatic rings. The molecule has 0 unspecified atom stereocenters. The summed E-state index contributed by atoms with van der Waals surface area (Å²) in [7, 11) is 0. The highest BCUT2D eigenvalue weighted by molar-refractivity contribution is 5.30. The summed E-state index contributed by atoms with van der Waals surface area (Å²) in [6.45, 7) is 0. The largest absolute Gasteiger partial charge is 0.361 e. The van der Waals surface area contributed by atoms with Gasteiger partial charge in [0.05, 0.1) is 6.10 Å². The first-order valence-corrected chi connectivity index (χ1v) is 4.65. The van der Waals surface area contributed by atoms with Gasteiger partial charge in [0.1, 0.15) is 5.60 Å². The van der Waals surface area contributed by atoms with Crippen LogP contribution < -0.4 is 0 Å². The van der Waals surface area contributed by atoms with Crippen LogP contribution >= 0.6 is 0 Å². The Morgan fingerprint density at radius 1 is 1.25 bits per heavy atom. The predicted molar refractivity (Wildman–Crippen MR) is 46.8 cm³/mol. The van der Waals surface area contributed by atoms with Crippen molar-refractivity contribution < 1.29 is 4.74 Å². The fourth-order valence-corrected chi connectivity index (χ4v) is 2.40. The van der Waals surface area contributed by atoms with Crippen LogP contribution in [0.2, 0.25) is 0 Å². The molecule has 1 aliphatic carbocycles. The van der Waals surface area contributed by atoms with Crippen molar-refractivity contribution in [1.29, 1.82) is 0 Å². The number of hydrogen-bond acceptors (Lipinski definition) is 1. The minimum Gasteiger partial charge on any atom is -0.361 e. The standard InChI is InChI=1S/C11H12O/c1-2-5-9(6-3-1)11-8-4-7-10(11)12-11/h1-3,5-6,10H,4,7-8H2/t10-,11-/m0/s1. The van der Waals surface area contributed by atoms with Gasteiger partial charge in [0.25, 0.3) is 0 Å². The zero-order chi connectivity index (χ0) is 8.02. The monoisotopic (exact) mass is 160 g/mol. The predicted octanol–water partition coefficient (Wildman–Crippen LogP) is 2.46. The van der Waals surface area contributed by atoms with Gasteiger partial charge in [0.15, 0.2) is 0 Å². The topological polar surface area (TPSA) is 12.5 Å². The molecule has 0 spiro atoms. The van der Waals surface area contributed by atoms with Gasteiger partial charge < -0.3 is 4.74 Å². The summed E-state index contributed by atoms with van der Waals surface area (Å²) in [5.41, 5.74) is 1.54. The quantitative estimate of drug-likeness (QED) is 0.575. The first-order chi connectivity index (χ1) is 5.92. The van der Waals surface area contributed by atoms with E-state index in [9.17, 15) is 0 Å². The molecule has 1 saturated heterocycles. The number of hydrogen-bond donors (Lipinski definition) is 0. The number of fused-ring (bicyclic) bond motifs is 1. The Morgan fingerprint density at radius 3 is 2.67 bits per heavy atom. The molecule has 1 aromatic carbocycles. The number of epoxide rings is 1. The first-order valence-electron chi connectivity index (χ1n) is 4.65. The van der Waals surface area contributed by atoms with Crippen molar-refractivity contribution in [2.45, 2.75) is 31.0 Å². The van der Waals surface area contributed by atoms with E-state index in [0.717, 1.165) is 0 Å². The van der Waals surface area contributed by atoms with Crippen molar-refractivity contribution in [3.8, 4) is 0 Å². The van der Waals surface area contributed by atoms with Crippen LogP contribution in [0.25, 0.3) is 0 Å². The zero-order valence-corrected chi connectivity index (χ0v) is 6.99. The van der Waals surface area contributed by atoms with Gasteiger partial charge in [-0.25, -0.2) is 0 Å². The van der Waals surface area contributed by atoms with Gasteiger partial charge in [-0.2, -0.15) is 0 Å². The van der Waals surface area contributed by atoms with Crippen molar-refractivity contribution in [3.63, 3.8) is 0 Å². The van der Waals surface area contributed by atoms with Crippen LogP contribution in [0.4, 0.5) is 0 Å². The van der Waals surface area contributed by atoms with Crippen molar-refractivity contribution in [2.75, 3.05) is 0 Å². The van der Waals surface area contributed by atoms with Crippen molar-refractivity contribution >= 4 is 0 Å². The van der Waals surface area contributed by atoms with Crippen LogP contribution in [0.15, 0.2) is 30.3 Å².